The van der Waals surface area contributed by atoms with Crippen LogP contribution in [0.15, 0.2) is 24.5 Å². The third kappa shape index (κ3) is 3.89. The van der Waals surface area contributed by atoms with Crippen molar-refractivity contribution in [3.63, 3.8) is 0 Å². The standard InChI is InChI=1S/C21H26FN5/c1-21(8-4-17(5-9-21)27-10-6-16(22)7-11-27)26-20-18-12-15(13-23)2-3-19(18)24-14-25-20/h2-3,12,14,16-17H,4-11H2,1H3,(H,24,25,26)/t17-,21-. The summed E-state index contributed by atoms with van der Waals surface area (Å²) in [7, 11) is 0. The van der Waals surface area contributed by atoms with Gasteiger partial charge < -0.3 is 10.2 Å². The maximum atomic E-state index is 13.4. The van der Waals surface area contributed by atoms with Gasteiger partial charge in [-0.05, 0) is 63.6 Å². The third-order valence-electron chi connectivity index (χ3n) is 6.22. The lowest BCUT2D eigenvalue weighted by Gasteiger charge is -2.44. The van der Waals surface area contributed by atoms with E-state index in [4.69, 9.17) is 0 Å². The zero-order chi connectivity index (χ0) is 18.9. The summed E-state index contributed by atoms with van der Waals surface area (Å²) in [6, 6.07) is 8.27. The highest BCUT2D eigenvalue weighted by Crippen LogP contribution is 2.35. The average Bonchev–Trinajstić information content (AvgIpc) is 2.69. The number of nitrogens with zero attached hydrogens (tertiary/aromatic N) is 4. The van der Waals surface area contributed by atoms with Crippen molar-refractivity contribution >= 4 is 16.7 Å². The van der Waals surface area contributed by atoms with E-state index in [2.05, 4.69) is 33.2 Å². The molecule has 1 N–H and O–H groups in total. The van der Waals surface area contributed by atoms with Crippen LogP contribution in [0.3, 0.4) is 0 Å². The van der Waals surface area contributed by atoms with Crippen LogP contribution < -0.4 is 5.32 Å². The summed E-state index contributed by atoms with van der Waals surface area (Å²) >= 11 is 0. The van der Waals surface area contributed by atoms with E-state index in [1.54, 1.807) is 12.4 Å². The van der Waals surface area contributed by atoms with Crippen molar-refractivity contribution < 1.29 is 4.39 Å². The summed E-state index contributed by atoms with van der Waals surface area (Å²) in [6.07, 6.45) is 6.67. The first-order chi connectivity index (χ1) is 13.1. The Morgan fingerprint density at radius 3 is 2.63 bits per heavy atom. The highest BCUT2D eigenvalue weighted by atomic mass is 19.1. The second-order valence-corrected chi connectivity index (χ2v) is 8.19. The van der Waals surface area contributed by atoms with Gasteiger partial charge in [-0.1, -0.05) is 0 Å². The fourth-order valence-electron chi connectivity index (χ4n) is 4.47. The molecule has 2 aromatic rings. The fraction of sp³-hybridized carbons (Fsp3) is 0.571. The van der Waals surface area contributed by atoms with Crippen LogP contribution >= 0.6 is 0 Å². The van der Waals surface area contributed by atoms with Gasteiger partial charge in [0, 0.05) is 30.1 Å². The smallest absolute Gasteiger partial charge is 0.137 e. The van der Waals surface area contributed by atoms with Gasteiger partial charge in [0.1, 0.15) is 18.3 Å². The number of likely N-dealkylation sites (tertiary alicyclic amines) is 1. The monoisotopic (exact) mass is 367 g/mol. The van der Waals surface area contributed by atoms with Gasteiger partial charge in [0.25, 0.3) is 0 Å². The lowest BCUT2D eigenvalue weighted by atomic mass is 9.79. The number of rotatable bonds is 3. The molecule has 2 fully saturated rings. The number of hydrogen-bond donors (Lipinski definition) is 1. The van der Waals surface area contributed by atoms with Crippen LogP contribution in [-0.2, 0) is 0 Å². The Balaban J connectivity index is 1.46. The highest BCUT2D eigenvalue weighted by molar-refractivity contribution is 5.90. The molecule has 2 aliphatic rings. The zero-order valence-corrected chi connectivity index (χ0v) is 15.8. The maximum Gasteiger partial charge on any atom is 0.137 e. The molecule has 0 unspecified atom stereocenters. The molecule has 142 valence electrons. The van der Waals surface area contributed by atoms with Gasteiger partial charge in [0.2, 0.25) is 0 Å². The lowest BCUT2D eigenvalue weighted by Crippen LogP contribution is -2.48. The third-order valence-corrected chi connectivity index (χ3v) is 6.22. The lowest BCUT2D eigenvalue weighted by molar-refractivity contribution is 0.0812. The number of hydrogen-bond acceptors (Lipinski definition) is 5. The van der Waals surface area contributed by atoms with Gasteiger partial charge in [-0.15, -0.1) is 0 Å². The molecule has 1 saturated heterocycles. The summed E-state index contributed by atoms with van der Waals surface area (Å²) in [5.74, 6) is 0.802. The molecule has 1 aliphatic carbocycles. The molecule has 1 aromatic carbocycles. The molecule has 0 amide bonds. The van der Waals surface area contributed by atoms with Gasteiger partial charge in [-0.25, -0.2) is 14.4 Å². The molecular weight excluding hydrogens is 341 g/mol. The maximum absolute atomic E-state index is 13.4. The van der Waals surface area contributed by atoms with Crippen molar-refractivity contribution in [2.75, 3.05) is 18.4 Å². The van der Waals surface area contributed by atoms with Gasteiger partial charge in [0.15, 0.2) is 0 Å². The van der Waals surface area contributed by atoms with E-state index in [0.29, 0.717) is 24.4 Å². The Kier molecular flexibility index (Phi) is 4.96. The number of nitriles is 1. The summed E-state index contributed by atoms with van der Waals surface area (Å²) in [4.78, 5) is 11.3. The molecule has 1 saturated carbocycles. The summed E-state index contributed by atoms with van der Waals surface area (Å²) in [5.41, 5.74) is 1.43. The van der Waals surface area contributed by atoms with Crippen molar-refractivity contribution in [3.8, 4) is 6.07 Å². The first-order valence-electron chi connectivity index (χ1n) is 9.87. The molecule has 0 bridgehead atoms. The number of aromatic nitrogens is 2. The summed E-state index contributed by atoms with van der Waals surface area (Å²) in [5, 5.41) is 13.7. The molecular formula is C21H26FN5. The van der Waals surface area contributed by atoms with Gasteiger partial charge in [-0.2, -0.15) is 5.26 Å². The van der Waals surface area contributed by atoms with Crippen LogP contribution in [0.5, 0.6) is 0 Å². The highest BCUT2D eigenvalue weighted by Gasteiger charge is 2.35. The minimum Gasteiger partial charge on any atom is -0.364 e. The number of benzene rings is 1. The van der Waals surface area contributed by atoms with Crippen molar-refractivity contribution in [2.45, 2.75) is 63.2 Å². The Labute approximate surface area is 159 Å². The predicted octanol–water partition coefficient (Wildman–Crippen LogP) is 4.05. The normalized spacial score (nSPS) is 27.4. The molecule has 1 aromatic heterocycles. The number of anilines is 1. The molecule has 5 nitrogen and oxygen atoms in total. The van der Waals surface area contributed by atoms with Crippen LogP contribution in [0.4, 0.5) is 10.2 Å². The van der Waals surface area contributed by atoms with Gasteiger partial charge >= 0.3 is 0 Å². The Bertz CT molecular complexity index is 845. The predicted molar refractivity (Wildman–Crippen MR) is 104 cm³/mol. The van der Waals surface area contributed by atoms with Crippen LogP contribution in [0.2, 0.25) is 0 Å². The largest absolute Gasteiger partial charge is 0.364 e. The van der Waals surface area contributed by atoms with E-state index in [1.165, 1.54) is 0 Å². The second kappa shape index (κ2) is 7.40. The van der Waals surface area contributed by atoms with E-state index in [9.17, 15) is 9.65 Å². The van der Waals surface area contributed by atoms with E-state index in [0.717, 1.165) is 55.5 Å². The van der Waals surface area contributed by atoms with Crippen molar-refractivity contribution in [2.24, 2.45) is 0 Å². The second-order valence-electron chi connectivity index (χ2n) is 8.19. The van der Waals surface area contributed by atoms with Gasteiger partial charge in [0.05, 0.1) is 17.1 Å². The number of fused-ring (bicyclic) bond motifs is 1. The first-order valence-corrected chi connectivity index (χ1v) is 9.87. The van der Waals surface area contributed by atoms with Crippen LogP contribution in [-0.4, -0.2) is 45.7 Å². The SMILES string of the molecule is C[C@]1(Nc2ncnc3ccc(C#N)cc23)CC[C@H](N2CCC(F)CC2)CC1. The molecule has 0 atom stereocenters. The fourth-order valence-corrected chi connectivity index (χ4v) is 4.47. The number of halogens is 1. The zero-order valence-electron chi connectivity index (χ0n) is 15.8. The van der Waals surface area contributed by atoms with Gasteiger partial charge in [-0.3, -0.25) is 0 Å². The van der Waals surface area contributed by atoms with Crippen molar-refractivity contribution in [1.29, 1.82) is 5.26 Å². The van der Waals surface area contributed by atoms with Crippen LogP contribution in [0, 0.1) is 11.3 Å². The topological polar surface area (TPSA) is 64.8 Å². The summed E-state index contributed by atoms with van der Waals surface area (Å²) in [6.45, 7) is 4.03. The van der Waals surface area contributed by atoms with Crippen LogP contribution in [0.25, 0.3) is 10.9 Å². The molecule has 1 aliphatic heterocycles. The number of piperidine rings is 1. The average molecular weight is 367 g/mol. The van der Waals surface area contributed by atoms with E-state index in [1.807, 2.05) is 12.1 Å². The minimum atomic E-state index is -0.610. The number of nitrogens with one attached hydrogen (secondary N) is 1. The molecule has 27 heavy (non-hydrogen) atoms. The molecule has 4 rings (SSSR count). The molecule has 2 heterocycles. The van der Waals surface area contributed by atoms with E-state index < -0.39 is 6.17 Å². The Morgan fingerprint density at radius 2 is 1.93 bits per heavy atom. The van der Waals surface area contributed by atoms with Crippen LogP contribution in [0.1, 0.15) is 51.0 Å². The van der Waals surface area contributed by atoms with Crippen molar-refractivity contribution in [3.05, 3.63) is 30.1 Å². The quantitative estimate of drug-likeness (QED) is 0.887. The number of alkyl halides is 1. The molecule has 0 spiro atoms. The Hall–Kier alpha value is -2.26. The van der Waals surface area contributed by atoms with E-state index in [-0.39, 0.29) is 5.54 Å². The minimum absolute atomic E-state index is 0.0289. The van der Waals surface area contributed by atoms with E-state index >= 15 is 0 Å². The van der Waals surface area contributed by atoms with Crippen molar-refractivity contribution in [1.82, 2.24) is 14.9 Å². The summed E-state index contributed by atoms with van der Waals surface area (Å²) < 4.78 is 13.4. The molecule has 0 radical (unpaired) electrons. The first kappa shape index (κ1) is 18.1. The molecule has 6 heteroatoms. The Morgan fingerprint density at radius 1 is 1.19 bits per heavy atom.